The first-order valence-corrected chi connectivity index (χ1v) is 7.45. The summed E-state index contributed by atoms with van der Waals surface area (Å²) in [5, 5.41) is 8.70. The zero-order chi connectivity index (χ0) is 14.8. The van der Waals surface area contributed by atoms with Crippen LogP contribution in [0, 0.1) is 11.3 Å². The Hall–Kier alpha value is -1.24. The monoisotopic (exact) mass is 329 g/mol. The van der Waals surface area contributed by atoms with E-state index in [0.717, 1.165) is 12.1 Å². The topological polar surface area (TPSA) is 75.0 Å². The lowest BCUT2D eigenvalue weighted by molar-refractivity contribution is -0.0328. The molecule has 102 valence electrons. The molecule has 10 heteroatoms. The number of nitriles is 1. The summed E-state index contributed by atoms with van der Waals surface area (Å²) in [6.45, 7) is 0. The summed E-state index contributed by atoms with van der Waals surface area (Å²) < 4.78 is 59.4. The molecule has 0 saturated carbocycles. The lowest BCUT2D eigenvalue weighted by Gasteiger charge is -2.11. The van der Waals surface area contributed by atoms with Crippen LogP contribution in [0.5, 0.6) is 0 Å². The molecule has 4 nitrogen and oxygen atoms in total. The third kappa shape index (κ3) is 3.86. The van der Waals surface area contributed by atoms with Crippen molar-refractivity contribution in [1.29, 1.82) is 5.26 Å². The summed E-state index contributed by atoms with van der Waals surface area (Å²) in [7, 11) is 0.623. The fourth-order valence-electron chi connectivity index (χ4n) is 1.22. The molecule has 1 aromatic rings. The maximum Gasteiger partial charge on any atom is 0.446 e. The molecular weight excluding hydrogens is 327 g/mol. The van der Waals surface area contributed by atoms with Gasteiger partial charge < -0.3 is 0 Å². The molecule has 0 amide bonds. The lowest BCUT2D eigenvalue weighted by Crippen LogP contribution is -2.06. The van der Waals surface area contributed by atoms with Gasteiger partial charge in [0.2, 0.25) is 0 Å². The van der Waals surface area contributed by atoms with Gasteiger partial charge in [-0.3, -0.25) is 4.79 Å². The van der Waals surface area contributed by atoms with E-state index in [1.807, 2.05) is 0 Å². The number of nitrogens with zero attached hydrogens (tertiary/aromatic N) is 1. The molecule has 0 fully saturated rings. The molecule has 0 aliphatic carbocycles. The van der Waals surface area contributed by atoms with E-state index in [4.69, 9.17) is 15.9 Å². The molecule has 0 unspecified atom stereocenters. The van der Waals surface area contributed by atoms with Gasteiger partial charge in [0, 0.05) is 21.1 Å². The van der Waals surface area contributed by atoms with Crippen LogP contribution < -0.4 is 0 Å². The first-order valence-electron chi connectivity index (χ1n) is 4.33. The van der Waals surface area contributed by atoms with Gasteiger partial charge in [-0.25, -0.2) is 8.42 Å². The molecule has 0 spiro atoms. The third-order valence-corrected chi connectivity index (χ3v) is 4.13. The summed E-state index contributed by atoms with van der Waals surface area (Å²) in [4.78, 5) is 9.28. The van der Waals surface area contributed by atoms with Crippen molar-refractivity contribution in [2.45, 2.75) is 15.3 Å². The van der Waals surface area contributed by atoms with Gasteiger partial charge in [0.05, 0.1) is 10.5 Å². The number of thioether (sulfide) groups is 1. The maximum atomic E-state index is 12.4. The lowest BCUT2D eigenvalue weighted by atomic mass is 10.1. The normalized spacial score (nSPS) is 11.9. The fourth-order valence-corrected chi connectivity index (χ4v) is 3.05. The number of benzene rings is 1. The summed E-state index contributed by atoms with van der Waals surface area (Å²) in [6, 6.07) is 3.12. The smallest absolute Gasteiger partial charge is 0.298 e. The molecule has 0 heterocycles. The molecule has 0 radical (unpaired) electrons. The zero-order valence-electron chi connectivity index (χ0n) is 8.73. The van der Waals surface area contributed by atoms with E-state index in [1.54, 1.807) is 0 Å². The highest BCUT2D eigenvalue weighted by molar-refractivity contribution is 8.13. The molecule has 0 atom stereocenters. The average molecular weight is 330 g/mol. The van der Waals surface area contributed by atoms with Crippen molar-refractivity contribution in [1.82, 2.24) is 0 Å². The average Bonchev–Trinajstić information content (AvgIpc) is 2.25. The van der Waals surface area contributed by atoms with Crippen LogP contribution >= 0.6 is 22.4 Å². The largest absolute Gasteiger partial charge is 0.446 e. The Kier molecular flexibility index (Phi) is 4.50. The van der Waals surface area contributed by atoms with Gasteiger partial charge in [0.1, 0.15) is 6.07 Å². The molecular formula is C9H3ClF3NO3S2. The summed E-state index contributed by atoms with van der Waals surface area (Å²) in [6.07, 6.45) is -0.0792. The molecule has 19 heavy (non-hydrogen) atoms. The number of carbonyl (C=O) groups excluding carboxylic acids is 1. The minimum Gasteiger partial charge on any atom is -0.298 e. The van der Waals surface area contributed by atoms with E-state index >= 15 is 0 Å². The minimum atomic E-state index is -4.78. The SMILES string of the molecule is N#Cc1ccc(S(=O)(=O)Cl)c(C=O)c1SC(F)(F)F. The standard InChI is InChI=1S/C9H3ClF3NO3S2/c10-19(16,17)7-2-1-5(3-14)8(6(7)4-15)18-9(11,12)13/h1-2,4H. The predicted molar refractivity (Wildman–Crippen MR) is 61.5 cm³/mol. The van der Waals surface area contributed by atoms with E-state index in [0.29, 0.717) is 0 Å². The second kappa shape index (κ2) is 5.40. The summed E-state index contributed by atoms with van der Waals surface area (Å²) >= 11 is -0.743. The Morgan fingerprint density at radius 3 is 2.32 bits per heavy atom. The predicted octanol–water partition coefficient (Wildman–Crippen LogP) is 2.91. The summed E-state index contributed by atoms with van der Waals surface area (Å²) in [5.41, 5.74) is -6.03. The van der Waals surface area contributed by atoms with Gasteiger partial charge in [-0.2, -0.15) is 18.4 Å². The van der Waals surface area contributed by atoms with E-state index in [-0.39, 0.29) is 6.29 Å². The van der Waals surface area contributed by atoms with E-state index in [1.165, 1.54) is 6.07 Å². The zero-order valence-corrected chi connectivity index (χ0v) is 11.1. The van der Waals surface area contributed by atoms with Gasteiger partial charge in [0.15, 0.2) is 6.29 Å². The Balaban J connectivity index is 3.66. The van der Waals surface area contributed by atoms with Crippen molar-refractivity contribution in [3.05, 3.63) is 23.3 Å². The highest BCUT2D eigenvalue weighted by Gasteiger charge is 2.33. The Morgan fingerprint density at radius 1 is 1.37 bits per heavy atom. The highest BCUT2D eigenvalue weighted by Crippen LogP contribution is 2.41. The van der Waals surface area contributed by atoms with Crippen LogP contribution in [0.3, 0.4) is 0 Å². The summed E-state index contributed by atoms with van der Waals surface area (Å²) in [5.74, 6) is 0. The van der Waals surface area contributed by atoms with Crippen molar-refractivity contribution in [2.24, 2.45) is 0 Å². The number of halogens is 4. The number of rotatable bonds is 3. The van der Waals surface area contributed by atoms with Crippen molar-refractivity contribution in [3.63, 3.8) is 0 Å². The van der Waals surface area contributed by atoms with Gasteiger partial charge in [-0.05, 0) is 23.9 Å². The number of carbonyl (C=O) groups is 1. The Bertz CT molecular complexity index is 665. The van der Waals surface area contributed by atoms with Crippen LogP contribution in [-0.2, 0) is 9.05 Å². The second-order valence-corrected chi connectivity index (χ2v) is 6.68. The molecule has 1 rings (SSSR count). The number of aldehydes is 1. The van der Waals surface area contributed by atoms with Crippen molar-refractivity contribution in [3.8, 4) is 6.07 Å². The van der Waals surface area contributed by atoms with Crippen LogP contribution in [0.1, 0.15) is 15.9 Å². The molecule has 1 aromatic carbocycles. The van der Waals surface area contributed by atoms with Gasteiger partial charge in [-0.15, -0.1) is 0 Å². The number of alkyl halides is 3. The van der Waals surface area contributed by atoms with Gasteiger partial charge in [-0.1, -0.05) is 0 Å². The van der Waals surface area contributed by atoms with E-state index in [9.17, 15) is 26.4 Å². The van der Waals surface area contributed by atoms with E-state index < -0.39 is 47.2 Å². The van der Waals surface area contributed by atoms with Crippen molar-refractivity contribution >= 4 is 37.8 Å². The van der Waals surface area contributed by atoms with Gasteiger partial charge >= 0.3 is 5.51 Å². The molecule has 0 saturated heterocycles. The molecule has 0 aromatic heterocycles. The van der Waals surface area contributed by atoms with E-state index in [2.05, 4.69) is 0 Å². The number of hydrogen-bond acceptors (Lipinski definition) is 5. The van der Waals surface area contributed by atoms with Crippen LogP contribution in [0.2, 0.25) is 0 Å². The minimum absolute atomic E-state index is 0.0792. The van der Waals surface area contributed by atoms with Crippen LogP contribution in [0.15, 0.2) is 21.9 Å². The first-order chi connectivity index (χ1) is 8.60. The first kappa shape index (κ1) is 15.8. The molecule has 0 N–H and O–H groups in total. The molecule has 0 aliphatic heterocycles. The second-order valence-electron chi connectivity index (χ2n) is 3.07. The maximum absolute atomic E-state index is 12.4. The van der Waals surface area contributed by atoms with Crippen molar-refractivity contribution < 1.29 is 26.4 Å². The Morgan fingerprint density at radius 2 is 1.95 bits per heavy atom. The highest BCUT2D eigenvalue weighted by atomic mass is 35.7. The Labute approximate surface area is 114 Å². The molecule has 0 bridgehead atoms. The van der Waals surface area contributed by atoms with Crippen molar-refractivity contribution in [2.75, 3.05) is 0 Å². The van der Waals surface area contributed by atoms with Crippen LogP contribution in [0.4, 0.5) is 13.2 Å². The van der Waals surface area contributed by atoms with Gasteiger partial charge in [0.25, 0.3) is 9.05 Å². The van der Waals surface area contributed by atoms with Crippen LogP contribution in [-0.4, -0.2) is 20.2 Å². The van der Waals surface area contributed by atoms with Crippen LogP contribution in [0.25, 0.3) is 0 Å². The number of hydrogen-bond donors (Lipinski definition) is 0. The third-order valence-electron chi connectivity index (χ3n) is 1.87. The quantitative estimate of drug-likeness (QED) is 0.484. The molecule has 0 aliphatic rings. The fraction of sp³-hybridized carbons (Fsp3) is 0.111.